The molecule has 0 saturated carbocycles. The molecule has 118 valence electrons. The van der Waals surface area contributed by atoms with Crippen molar-refractivity contribution in [1.82, 2.24) is 14.5 Å². The number of likely N-dealkylation sites (tertiary alicyclic amines) is 1. The summed E-state index contributed by atoms with van der Waals surface area (Å²) in [7, 11) is 0. The van der Waals surface area contributed by atoms with E-state index in [-0.39, 0.29) is 11.6 Å². The lowest BCUT2D eigenvalue weighted by Gasteiger charge is -2.24. The van der Waals surface area contributed by atoms with Crippen LogP contribution in [0.3, 0.4) is 0 Å². The average molecular weight is 306 g/mol. The number of nitrogens with one attached hydrogen (secondary N) is 1. The average Bonchev–Trinajstić information content (AvgIpc) is 2.86. The van der Waals surface area contributed by atoms with Crippen molar-refractivity contribution in [1.29, 1.82) is 5.26 Å². The van der Waals surface area contributed by atoms with Gasteiger partial charge in [0.2, 0.25) is 0 Å². The van der Waals surface area contributed by atoms with Gasteiger partial charge in [-0.2, -0.15) is 5.26 Å². The highest BCUT2D eigenvalue weighted by Gasteiger charge is 2.31. The number of carbonyl (C=O) groups excluding carboxylic acids is 1. The van der Waals surface area contributed by atoms with Crippen LogP contribution in [-0.4, -0.2) is 39.2 Å². The van der Waals surface area contributed by atoms with Gasteiger partial charge in [-0.25, -0.2) is 9.59 Å². The van der Waals surface area contributed by atoms with Crippen molar-refractivity contribution in [3.63, 3.8) is 0 Å². The van der Waals surface area contributed by atoms with Gasteiger partial charge in [0, 0.05) is 19.3 Å². The Morgan fingerprint density at radius 1 is 1.45 bits per heavy atom. The summed E-state index contributed by atoms with van der Waals surface area (Å²) in [4.78, 5) is 38.9. The molecule has 2 rings (SSSR count). The van der Waals surface area contributed by atoms with E-state index in [1.54, 1.807) is 26.8 Å². The first-order valence-corrected chi connectivity index (χ1v) is 6.95. The van der Waals surface area contributed by atoms with E-state index in [4.69, 9.17) is 10.00 Å². The van der Waals surface area contributed by atoms with Gasteiger partial charge >= 0.3 is 11.8 Å². The number of amides is 1. The summed E-state index contributed by atoms with van der Waals surface area (Å²) in [6, 6.07) is 1.45. The lowest BCUT2D eigenvalue weighted by atomic mass is 10.2. The molecule has 1 atom stereocenters. The van der Waals surface area contributed by atoms with Gasteiger partial charge in [-0.15, -0.1) is 0 Å². The van der Waals surface area contributed by atoms with E-state index in [0.29, 0.717) is 19.5 Å². The van der Waals surface area contributed by atoms with Crippen LogP contribution in [0, 0.1) is 11.3 Å². The van der Waals surface area contributed by atoms with Crippen LogP contribution in [0.5, 0.6) is 0 Å². The molecule has 1 aromatic heterocycles. The van der Waals surface area contributed by atoms with Crippen LogP contribution in [0.4, 0.5) is 4.79 Å². The number of nitrogens with zero attached hydrogens (tertiary/aromatic N) is 3. The third-order valence-electron chi connectivity index (χ3n) is 3.30. The number of H-pyrrole nitrogens is 1. The molecule has 0 aliphatic carbocycles. The summed E-state index contributed by atoms with van der Waals surface area (Å²) in [6.45, 7) is 6.09. The fourth-order valence-electron chi connectivity index (χ4n) is 2.30. The molecular weight excluding hydrogens is 288 g/mol. The fourth-order valence-corrected chi connectivity index (χ4v) is 2.30. The summed E-state index contributed by atoms with van der Waals surface area (Å²) in [5.41, 5.74) is -2.00. The summed E-state index contributed by atoms with van der Waals surface area (Å²) in [6.07, 6.45) is 1.36. The molecule has 1 aliphatic heterocycles. The Labute approximate surface area is 126 Å². The molecule has 1 N–H and O–H groups in total. The first-order valence-electron chi connectivity index (χ1n) is 6.95. The molecule has 0 bridgehead atoms. The second kappa shape index (κ2) is 5.67. The standard InChI is InChI=1S/C14H18N4O4/c1-14(2,3)22-13(21)17-5-4-10(8-17)18-7-9(6-15)11(19)16-12(18)20/h7,10H,4-5,8H2,1-3H3,(H,16,19,20)/t10-/m1/s1. The molecule has 1 fully saturated rings. The van der Waals surface area contributed by atoms with Crippen LogP contribution in [0.2, 0.25) is 0 Å². The Kier molecular flexibility index (Phi) is 4.08. The van der Waals surface area contributed by atoms with Crippen molar-refractivity contribution in [2.24, 2.45) is 0 Å². The van der Waals surface area contributed by atoms with Crippen molar-refractivity contribution in [3.05, 3.63) is 32.6 Å². The maximum atomic E-state index is 12.0. The number of aromatic nitrogens is 2. The first kappa shape index (κ1) is 15.8. The zero-order chi connectivity index (χ0) is 16.5. The van der Waals surface area contributed by atoms with Crippen molar-refractivity contribution in [2.45, 2.75) is 38.8 Å². The van der Waals surface area contributed by atoms with Gasteiger partial charge in [-0.05, 0) is 27.2 Å². The minimum Gasteiger partial charge on any atom is -0.444 e. The molecule has 1 amide bonds. The molecule has 0 spiro atoms. The van der Waals surface area contributed by atoms with Gasteiger partial charge in [-0.1, -0.05) is 0 Å². The van der Waals surface area contributed by atoms with E-state index in [2.05, 4.69) is 4.98 Å². The van der Waals surface area contributed by atoms with Crippen molar-refractivity contribution < 1.29 is 9.53 Å². The number of nitriles is 1. The van der Waals surface area contributed by atoms with Crippen LogP contribution < -0.4 is 11.2 Å². The second-order valence-corrected chi connectivity index (χ2v) is 6.19. The first-order chi connectivity index (χ1) is 10.2. The van der Waals surface area contributed by atoms with Crippen LogP contribution in [-0.2, 0) is 4.74 Å². The summed E-state index contributed by atoms with van der Waals surface area (Å²) in [5, 5.41) is 8.87. The second-order valence-electron chi connectivity index (χ2n) is 6.19. The fraction of sp³-hybridized carbons (Fsp3) is 0.571. The normalized spacial score (nSPS) is 18.1. The zero-order valence-corrected chi connectivity index (χ0v) is 12.8. The van der Waals surface area contributed by atoms with Crippen LogP contribution in [0.25, 0.3) is 0 Å². The summed E-state index contributed by atoms with van der Waals surface area (Å²) >= 11 is 0. The molecule has 8 heteroatoms. The maximum Gasteiger partial charge on any atom is 0.410 e. The predicted octanol–water partition coefficient (Wildman–Crippen LogP) is 0.590. The van der Waals surface area contributed by atoms with Crippen LogP contribution in [0.1, 0.15) is 38.8 Å². The molecule has 1 saturated heterocycles. The maximum absolute atomic E-state index is 12.0. The van der Waals surface area contributed by atoms with E-state index in [0.717, 1.165) is 0 Å². The molecule has 0 aromatic carbocycles. The summed E-state index contributed by atoms with van der Waals surface area (Å²) in [5.74, 6) is 0. The largest absolute Gasteiger partial charge is 0.444 e. The molecule has 0 unspecified atom stereocenters. The minimum atomic E-state index is -0.703. The lowest BCUT2D eigenvalue weighted by molar-refractivity contribution is 0.0288. The van der Waals surface area contributed by atoms with Crippen LogP contribution >= 0.6 is 0 Å². The highest BCUT2D eigenvalue weighted by molar-refractivity contribution is 5.68. The Morgan fingerprint density at radius 2 is 2.14 bits per heavy atom. The van der Waals surface area contributed by atoms with Crippen molar-refractivity contribution >= 4 is 6.09 Å². The Bertz CT molecular complexity index is 735. The highest BCUT2D eigenvalue weighted by Crippen LogP contribution is 2.22. The zero-order valence-electron chi connectivity index (χ0n) is 12.8. The monoisotopic (exact) mass is 306 g/mol. The molecule has 1 aliphatic rings. The summed E-state index contributed by atoms with van der Waals surface area (Å²) < 4.78 is 6.59. The van der Waals surface area contributed by atoms with Gasteiger partial charge in [0.15, 0.2) is 0 Å². The van der Waals surface area contributed by atoms with E-state index in [1.807, 2.05) is 0 Å². The number of rotatable bonds is 1. The molecule has 22 heavy (non-hydrogen) atoms. The Balaban J connectivity index is 2.18. The van der Waals surface area contributed by atoms with E-state index >= 15 is 0 Å². The molecule has 1 aromatic rings. The number of hydrogen-bond donors (Lipinski definition) is 1. The smallest absolute Gasteiger partial charge is 0.410 e. The van der Waals surface area contributed by atoms with Gasteiger partial charge in [0.05, 0.1) is 6.04 Å². The Morgan fingerprint density at radius 3 is 2.73 bits per heavy atom. The molecule has 8 nitrogen and oxygen atoms in total. The molecule has 0 radical (unpaired) electrons. The predicted molar refractivity (Wildman–Crippen MR) is 77.5 cm³/mol. The number of hydrogen-bond acceptors (Lipinski definition) is 5. The van der Waals surface area contributed by atoms with Crippen molar-refractivity contribution in [2.75, 3.05) is 13.1 Å². The van der Waals surface area contributed by atoms with Gasteiger partial charge in [0.1, 0.15) is 17.2 Å². The van der Waals surface area contributed by atoms with Crippen molar-refractivity contribution in [3.8, 4) is 6.07 Å². The van der Waals surface area contributed by atoms with Gasteiger partial charge < -0.3 is 9.64 Å². The Hall–Kier alpha value is -2.56. The SMILES string of the molecule is CC(C)(C)OC(=O)N1CC[C@@H](n2cc(C#N)c(=O)[nH]c2=O)C1. The number of aromatic amines is 1. The third-order valence-corrected chi connectivity index (χ3v) is 3.30. The topological polar surface area (TPSA) is 108 Å². The lowest BCUT2D eigenvalue weighted by Crippen LogP contribution is -2.37. The van der Waals surface area contributed by atoms with Gasteiger partial charge in [0.25, 0.3) is 5.56 Å². The van der Waals surface area contributed by atoms with E-state index < -0.39 is 22.9 Å². The van der Waals surface area contributed by atoms with E-state index in [9.17, 15) is 14.4 Å². The van der Waals surface area contributed by atoms with E-state index in [1.165, 1.54) is 15.7 Å². The minimum absolute atomic E-state index is 0.129. The quantitative estimate of drug-likeness (QED) is 0.817. The number of ether oxygens (including phenoxy) is 1. The number of carbonyl (C=O) groups is 1. The van der Waals surface area contributed by atoms with Gasteiger partial charge in [-0.3, -0.25) is 14.3 Å². The third kappa shape index (κ3) is 3.36. The molecular formula is C14H18N4O4. The van der Waals surface area contributed by atoms with Crippen LogP contribution in [0.15, 0.2) is 15.8 Å². The molecule has 2 heterocycles. The highest BCUT2D eigenvalue weighted by atomic mass is 16.6.